The second-order valence-electron chi connectivity index (χ2n) is 4.87. The van der Waals surface area contributed by atoms with Crippen LogP contribution in [0.2, 0.25) is 0 Å². The summed E-state index contributed by atoms with van der Waals surface area (Å²) in [5, 5.41) is 0. The molecule has 2 rings (SSSR count). The number of ether oxygens (including phenoxy) is 1. The molecule has 22 heavy (non-hydrogen) atoms. The van der Waals surface area contributed by atoms with Gasteiger partial charge in [-0.1, -0.05) is 17.7 Å². The molecular formula is C16H16O5S. The third-order valence-corrected chi connectivity index (χ3v) is 4.10. The van der Waals surface area contributed by atoms with Gasteiger partial charge in [-0.3, -0.25) is 9.35 Å². The Morgan fingerprint density at radius 1 is 1.14 bits per heavy atom. The molecule has 0 bridgehead atoms. The molecule has 0 amide bonds. The van der Waals surface area contributed by atoms with E-state index in [-0.39, 0.29) is 11.5 Å². The molecule has 0 spiro atoms. The van der Waals surface area contributed by atoms with E-state index in [2.05, 4.69) is 0 Å². The van der Waals surface area contributed by atoms with Gasteiger partial charge in [0, 0.05) is 12.0 Å². The zero-order valence-electron chi connectivity index (χ0n) is 12.0. The van der Waals surface area contributed by atoms with Gasteiger partial charge in [0.2, 0.25) is 0 Å². The van der Waals surface area contributed by atoms with Gasteiger partial charge in [-0.2, -0.15) is 8.42 Å². The van der Waals surface area contributed by atoms with Crippen molar-refractivity contribution in [3.63, 3.8) is 0 Å². The molecule has 1 N–H and O–H groups in total. The Balaban J connectivity index is 2.08. The number of rotatable bonds is 6. The number of aryl methyl sites for hydroxylation is 1. The first-order chi connectivity index (χ1) is 10.4. The lowest BCUT2D eigenvalue weighted by Crippen LogP contribution is -2.08. The highest BCUT2D eigenvalue weighted by atomic mass is 32.2. The first-order valence-corrected chi connectivity index (χ1v) is 8.09. The van der Waals surface area contributed by atoms with Crippen LogP contribution in [0.25, 0.3) is 0 Å². The van der Waals surface area contributed by atoms with Gasteiger partial charge in [0.25, 0.3) is 10.1 Å². The van der Waals surface area contributed by atoms with Crippen molar-refractivity contribution in [1.29, 1.82) is 0 Å². The van der Waals surface area contributed by atoms with Gasteiger partial charge in [0.05, 0.1) is 11.5 Å². The van der Waals surface area contributed by atoms with E-state index in [1.54, 1.807) is 36.4 Å². The summed E-state index contributed by atoms with van der Waals surface area (Å²) in [6.45, 7) is 2.10. The summed E-state index contributed by atoms with van der Waals surface area (Å²) in [7, 11) is -4.25. The first-order valence-electron chi connectivity index (χ1n) is 6.65. The molecule has 0 aromatic heterocycles. The maximum absolute atomic E-state index is 11.4. The fourth-order valence-corrected chi connectivity index (χ4v) is 2.81. The molecule has 116 valence electrons. The third-order valence-electron chi connectivity index (χ3n) is 3.15. The largest absolute Gasteiger partial charge is 0.493 e. The number of benzene rings is 2. The maximum Gasteiger partial charge on any atom is 0.294 e. The van der Waals surface area contributed by atoms with Crippen molar-refractivity contribution in [3.05, 3.63) is 59.2 Å². The SMILES string of the molecule is Cc1ccc(S(=O)(=O)O)c(CCOc2ccc(C=O)cc2)c1. The average Bonchev–Trinajstić information content (AvgIpc) is 2.47. The minimum atomic E-state index is -4.25. The Morgan fingerprint density at radius 2 is 1.82 bits per heavy atom. The molecule has 5 nitrogen and oxygen atoms in total. The molecule has 0 heterocycles. The smallest absolute Gasteiger partial charge is 0.294 e. The van der Waals surface area contributed by atoms with Crippen molar-refractivity contribution in [3.8, 4) is 5.75 Å². The van der Waals surface area contributed by atoms with Crippen molar-refractivity contribution in [2.75, 3.05) is 6.61 Å². The predicted molar refractivity (Wildman–Crippen MR) is 82.0 cm³/mol. The van der Waals surface area contributed by atoms with E-state index in [1.807, 2.05) is 6.92 Å². The molecule has 0 radical (unpaired) electrons. The van der Waals surface area contributed by atoms with Crippen LogP contribution in [-0.4, -0.2) is 25.9 Å². The Labute approximate surface area is 129 Å². The molecule has 0 saturated carbocycles. The quantitative estimate of drug-likeness (QED) is 0.654. The lowest BCUT2D eigenvalue weighted by Gasteiger charge is -2.10. The van der Waals surface area contributed by atoms with Crippen molar-refractivity contribution in [1.82, 2.24) is 0 Å². The van der Waals surface area contributed by atoms with Gasteiger partial charge in [-0.25, -0.2) is 0 Å². The van der Waals surface area contributed by atoms with Gasteiger partial charge >= 0.3 is 0 Å². The van der Waals surface area contributed by atoms with E-state index in [9.17, 15) is 17.8 Å². The molecule has 0 fully saturated rings. The van der Waals surface area contributed by atoms with Crippen LogP contribution < -0.4 is 4.74 Å². The van der Waals surface area contributed by atoms with E-state index in [0.717, 1.165) is 11.8 Å². The molecule has 2 aromatic carbocycles. The Hall–Kier alpha value is -2.18. The number of aldehydes is 1. The van der Waals surface area contributed by atoms with E-state index in [1.165, 1.54) is 6.07 Å². The lowest BCUT2D eigenvalue weighted by molar-refractivity contribution is 0.112. The van der Waals surface area contributed by atoms with Crippen molar-refractivity contribution < 1.29 is 22.5 Å². The van der Waals surface area contributed by atoms with Crippen LogP contribution in [0.15, 0.2) is 47.4 Å². The highest BCUT2D eigenvalue weighted by Crippen LogP contribution is 2.19. The minimum Gasteiger partial charge on any atom is -0.493 e. The van der Waals surface area contributed by atoms with Gasteiger partial charge in [0.15, 0.2) is 0 Å². The summed E-state index contributed by atoms with van der Waals surface area (Å²) in [4.78, 5) is 10.5. The number of hydrogen-bond acceptors (Lipinski definition) is 4. The zero-order valence-corrected chi connectivity index (χ0v) is 12.8. The molecule has 0 aliphatic carbocycles. The standard InChI is InChI=1S/C16H16O5S/c1-12-2-7-16(22(18,19)20)14(10-12)8-9-21-15-5-3-13(11-17)4-6-15/h2-7,10-11H,8-9H2,1H3,(H,18,19,20). The van der Waals surface area contributed by atoms with E-state index < -0.39 is 10.1 Å². The average molecular weight is 320 g/mol. The number of carbonyl (C=O) groups is 1. The molecule has 0 unspecified atom stereocenters. The van der Waals surface area contributed by atoms with Crippen LogP contribution in [0.1, 0.15) is 21.5 Å². The zero-order chi connectivity index (χ0) is 16.2. The van der Waals surface area contributed by atoms with Gasteiger partial charge in [-0.05, 0) is 42.8 Å². The van der Waals surface area contributed by atoms with Gasteiger partial charge < -0.3 is 4.74 Å². The fraction of sp³-hybridized carbons (Fsp3) is 0.188. The van der Waals surface area contributed by atoms with Crippen molar-refractivity contribution in [2.45, 2.75) is 18.2 Å². The van der Waals surface area contributed by atoms with Crippen LogP contribution in [0.5, 0.6) is 5.75 Å². The Kier molecular flexibility index (Phi) is 4.95. The second kappa shape index (κ2) is 6.72. The molecule has 0 aliphatic heterocycles. The normalized spacial score (nSPS) is 11.2. The second-order valence-corrected chi connectivity index (χ2v) is 6.26. The monoisotopic (exact) mass is 320 g/mol. The predicted octanol–water partition coefficient (Wildman–Crippen LogP) is 2.68. The van der Waals surface area contributed by atoms with Crippen LogP contribution >= 0.6 is 0 Å². The van der Waals surface area contributed by atoms with Gasteiger partial charge in [-0.15, -0.1) is 0 Å². The number of hydrogen-bond donors (Lipinski definition) is 1. The Morgan fingerprint density at radius 3 is 2.41 bits per heavy atom. The highest BCUT2D eigenvalue weighted by Gasteiger charge is 2.15. The van der Waals surface area contributed by atoms with Crippen molar-refractivity contribution >= 4 is 16.4 Å². The molecule has 0 atom stereocenters. The third kappa shape index (κ3) is 4.16. The number of carbonyl (C=O) groups excluding carboxylic acids is 1. The molecule has 0 saturated heterocycles. The summed E-state index contributed by atoms with van der Waals surface area (Å²) >= 11 is 0. The molecule has 6 heteroatoms. The summed E-state index contributed by atoms with van der Waals surface area (Å²) in [5.41, 5.74) is 1.96. The summed E-state index contributed by atoms with van der Waals surface area (Å²) in [6.07, 6.45) is 1.08. The lowest BCUT2D eigenvalue weighted by atomic mass is 10.1. The topological polar surface area (TPSA) is 80.7 Å². The van der Waals surface area contributed by atoms with Crippen LogP contribution in [0, 0.1) is 6.92 Å². The highest BCUT2D eigenvalue weighted by molar-refractivity contribution is 7.85. The maximum atomic E-state index is 11.4. The van der Waals surface area contributed by atoms with Crippen LogP contribution in [-0.2, 0) is 16.5 Å². The summed E-state index contributed by atoms with van der Waals surface area (Å²) in [5.74, 6) is 0.589. The first kappa shape index (κ1) is 16.2. The fourth-order valence-electron chi connectivity index (χ4n) is 2.08. The Bertz CT molecular complexity index is 764. The van der Waals surface area contributed by atoms with Crippen molar-refractivity contribution in [2.24, 2.45) is 0 Å². The molecule has 2 aromatic rings. The van der Waals surface area contributed by atoms with Crippen LogP contribution in [0.4, 0.5) is 0 Å². The van der Waals surface area contributed by atoms with E-state index in [4.69, 9.17) is 4.74 Å². The summed E-state index contributed by atoms with van der Waals surface area (Å²) < 4.78 is 37.5. The van der Waals surface area contributed by atoms with E-state index >= 15 is 0 Å². The minimum absolute atomic E-state index is 0.0991. The van der Waals surface area contributed by atoms with Crippen LogP contribution in [0.3, 0.4) is 0 Å². The van der Waals surface area contributed by atoms with Gasteiger partial charge in [0.1, 0.15) is 12.0 Å². The molecule has 0 aliphatic rings. The molecular weight excluding hydrogens is 304 g/mol. The summed E-state index contributed by atoms with van der Waals surface area (Å²) in [6, 6.07) is 11.3. The van der Waals surface area contributed by atoms with E-state index in [0.29, 0.717) is 23.3 Å².